The largest absolute Gasteiger partial charge is 0.470 e. The fourth-order valence-corrected chi connectivity index (χ4v) is 1.29. The Morgan fingerprint density at radius 2 is 2.00 bits per heavy atom. The first kappa shape index (κ1) is 14.0. The zero-order chi connectivity index (χ0) is 11.2. The Balaban J connectivity index is 4.17. The van der Waals surface area contributed by atoms with Crippen molar-refractivity contribution in [2.45, 2.75) is 19.1 Å². The maximum absolute atomic E-state index is 10.4. The molecule has 0 saturated carbocycles. The first-order valence-corrected chi connectivity index (χ1v) is 5.54. The van der Waals surface area contributed by atoms with Crippen molar-refractivity contribution < 1.29 is 33.8 Å². The van der Waals surface area contributed by atoms with Crippen LogP contribution < -0.4 is 0 Å². The molecule has 0 aliphatic carbocycles. The molecule has 8 heteroatoms. The molecular formula is C6H15O7P. The van der Waals surface area contributed by atoms with Crippen molar-refractivity contribution in [1.29, 1.82) is 0 Å². The Morgan fingerprint density at radius 1 is 1.43 bits per heavy atom. The molecule has 0 unspecified atom stereocenters. The number of hydrogen-bond donors (Lipinski definition) is 4. The third-order valence-corrected chi connectivity index (χ3v) is 1.92. The summed E-state index contributed by atoms with van der Waals surface area (Å²) in [4.78, 5) is 16.9. The number of aliphatic hydroxyl groups excluding tert-OH is 2. The van der Waals surface area contributed by atoms with Gasteiger partial charge in [0.2, 0.25) is 0 Å². The van der Waals surface area contributed by atoms with Gasteiger partial charge in [-0.3, -0.25) is 4.52 Å². The van der Waals surface area contributed by atoms with Crippen LogP contribution in [0.5, 0.6) is 0 Å². The van der Waals surface area contributed by atoms with Gasteiger partial charge in [0.05, 0.1) is 13.2 Å². The van der Waals surface area contributed by atoms with Crippen molar-refractivity contribution in [3.8, 4) is 0 Å². The zero-order valence-corrected chi connectivity index (χ0v) is 8.63. The smallest absolute Gasteiger partial charge is 0.394 e. The number of hydrogen-bond acceptors (Lipinski definition) is 5. The molecule has 0 rings (SSSR count). The van der Waals surface area contributed by atoms with Crippen molar-refractivity contribution in [3.63, 3.8) is 0 Å². The normalized spacial score (nSPS) is 16.6. The fraction of sp³-hybridized carbons (Fsp3) is 1.00. The Kier molecular flexibility index (Phi) is 6.46. The van der Waals surface area contributed by atoms with Gasteiger partial charge >= 0.3 is 7.82 Å². The Morgan fingerprint density at radius 3 is 2.36 bits per heavy atom. The highest BCUT2D eigenvalue weighted by Gasteiger charge is 2.27. The first-order valence-electron chi connectivity index (χ1n) is 4.01. The summed E-state index contributed by atoms with van der Waals surface area (Å²) in [7, 11) is -4.68. The topological polar surface area (TPSA) is 116 Å². The van der Waals surface area contributed by atoms with Crippen LogP contribution in [0.4, 0.5) is 0 Å². The molecule has 4 N–H and O–H groups in total. The minimum atomic E-state index is -4.68. The molecule has 0 aliphatic rings. The molecule has 0 aromatic rings. The minimum absolute atomic E-state index is 0.191. The molecule has 0 aliphatic heterocycles. The summed E-state index contributed by atoms with van der Waals surface area (Å²) in [6.07, 6.45) is -2.62. The van der Waals surface area contributed by atoms with E-state index in [4.69, 9.17) is 24.7 Å². The van der Waals surface area contributed by atoms with Crippen LogP contribution in [0, 0.1) is 0 Å². The number of ether oxygens (including phenoxy) is 1. The molecule has 7 nitrogen and oxygen atoms in total. The Bertz CT molecular complexity index is 191. The summed E-state index contributed by atoms with van der Waals surface area (Å²) < 4.78 is 19.5. The molecular weight excluding hydrogens is 215 g/mol. The molecule has 0 spiro atoms. The minimum Gasteiger partial charge on any atom is -0.394 e. The fourth-order valence-electron chi connectivity index (χ4n) is 0.740. The van der Waals surface area contributed by atoms with Crippen LogP contribution in [0.3, 0.4) is 0 Å². The summed E-state index contributed by atoms with van der Waals surface area (Å²) in [5.41, 5.74) is 0. The van der Waals surface area contributed by atoms with Crippen molar-refractivity contribution in [2.75, 3.05) is 19.8 Å². The lowest BCUT2D eigenvalue weighted by Gasteiger charge is -2.21. The second kappa shape index (κ2) is 6.47. The SMILES string of the molecule is CCOC[C@H](OP(=O)(O)O)[C@H](O)CO. The lowest BCUT2D eigenvalue weighted by molar-refractivity contribution is -0.0523. The average molecular weight is 230 g/mol. The summed E-state index contributed by atoms with van der Waals surface area (Å²) in [5.74, 6) is 0. The zero-order valence-electron chi connectivity index (χ0n) is 7.74. The van der Waals surface area contributed by atoms with E-state index in [9.17, 15) is 4.57 Å². The quantitative estimate of drug-likeness (QED) is 0.408. The molecule has 14 heavy (non-hydrogen) atoms. The molecule has 0 aromatic heterocycles. The predicted molar refractivity (Wildman–Crippen MR) is 46.5 cm³/mol. The second-order valence-corrected chi connectivity index (χ2v) is 3.74. The van der Waals surface area contributed by atoms with Crippen LogP contribution in [0.1, 0.15) is 6.92 Å². The summed E-state index contributed by atoms with van der Waals surface area (Å²) >= 11 is 0. The van der Waals surface area contributed by atoms with Gasteiger partial charge < -0.3 is 24.7 Å². The van der Waals surface area contributed by atoms with Gasteiger partial charge in [0, 0.05) is 6.61 Å². The summed E-state index contributed by atoms with van der Waals surface area (Å²) in [6, 6.07) is 0. The third-order valence-electron chi connectivity index (χ3n) is 1.38. The van der Waals surface area contributed by atoms with Crippen molar-refractivity contribution in [2.24, 2.45) is 0 Å². The van der Waals surface area contributed by atoms with Gasteiger partial charge in [-0.1, -0.05) is 0 Å². The monoisotopic (exact) mass is 230 g/mol. The lowest BCUT2D eigenvalue weighted by Crippen LogP contribution is -2.35. The maximum atomic E-state index is 10.4. The molecule has 0 saturated heterocycles. The molecule has 0 bridgehead atoms. The van der Waals surface area contributed by atoms with Gasteiger partial charge in [0.15, 0.2) is 0 Å². The first-order chi connectivity index (χ1) is 6.40. The molecule has 0 amide bonds. The maximum Gasteiger partial charge on any atom is 0.470 e. The van der Waals surface area contributed by atoms with E-state index in [2.05, 4.69) is 4.52 Å². The van der Waals surface area contributed by atoms with Crippen LogP contribution in [0.25, 0.3) is 0 Å². The van der Waals surface area contributed by atoms with E-state index in [0.29, 0.717) is 6.61 Å². The highest BCUT2D eigenvalue weighted by Crippen LogP contribution is 2.38. The summed E-state index contributed by atoms with van der Waals surface area (Å²) in [5, 5.41) is 17.7. The Hall–Kier alpha value is -0.0100. The highest BCUT2D eigenvalue weighted by atomic mass is 31.2. The van der Waals surface area contributed by atoms with E-state index in [-0.39, 0.29) is 6.61 Å². The van der Waals surface area contributed by atoms with E-state index >= 15 is 0 Å². The van der Waals surface area contributed by atoms with Crippen LogP contribution in [0.15, 0.2) is 0 Å². The summed E-state index contributed by atoms with van der Waals surface area (Å²) in [6.45, 7) is 1.15. The average Bonchev–Trinajstić information content (AvgIpc) is 2.09. The number of rotatable bonds is 7. The molecule has 86 valence electrons. The number of phosphoric acid groups is 1. The van der Waals surface area contributed by atoms with Crippen LogP contribution in [-0.4, -0.2) is 52.0 Å². The van der Waals surface area contributed by atoms with E-state index in [1.165, 1.54) is 0 Å². The van der Waals surface area contributed by atoms with Crippen LogP contribution in [-0.2, 0) is 13.8 Å². The molecule has 0 heterocycles. The third kappa shape index (κ3) is 6.44. The van der Waals surface area contributed by atoms with Gasteiger partial charge in [-0.2, -0.15) is 0 Å². The van der Waals surface area contributed by atoms with Crippen molar-refractivity contribution >= 4 is 7.82 Å². The van der Waals surface area contributed by atoms with E-state index in [1.54, 1.807) is 6.92 Å². The second-order valence-electron chi connectivity index (χ2n) is 2.54. The molecule has 0 aromatic carbocycles. The van der Waals surface area contributed by atoms with Gasteiger partial charge in [-0.05, 0) is 6.92 Å². The predicted octanol–water partition coefficient (Wildman–Crippen LogP) is -1.15. The van der Waals surface area contributed by atoms with Gasteiger partial charge in [0.1, 0.15) is 12.2 Å². The highest BCUT2D eigenvalue weighted by molar-refractivity contribution is 7.46. The van der Waals surface area contributed by atoms with Gasteiger partial charge in [0.25, 0.3) is 0 Å². The van der Waals surface area contributed by atoms with Crippen molar-refractivity contribution in [1.82, 2.24) is 0 Å². The van der Waals surface area contributed by atoms with Gasteiger partial charge in [-0.25, -0.2) is 4.57 Å². The van der Waals surface area contributed by atoms with E-state index in [0.717, 1.165) is 0 Å². The van der Waals surface area contributed by atoms with E-state index in [1.807, 2.05) is 0 Å². The lowest BCUT2D eigenvalue weighted by atomic mass is 10.2. The van der Waals surface area contributed by atoms with Crippen LogP contribution >= 0.6 is 7.82 Å². The number of aliphatic hydroxyl groups is 2. The van der Waals surface area contributed by atoms with Gasteiger partial charge in [-0.15, -0.1) is 0 Å². The van der Waals surface area contributed by atoms with E-state index < -0.39 is 26.6 Å². The van der Waals surface area contributed by atoms with Crippen LogP contribution in [0.2, 0.25) is 0 Å². The standard InChI is InChI=1S/C6H15O7P/c1-2-12-4-6(5(8)3-7)13-14(9,10)11/h5-8H,2-4H2,1H3,(H2,9,10,11)/t5-,6+/m1/s1. The molecule has 0 fully saturated rings. The molecule has 0 radical (unpaired) electrons. The van der Waals surface area contributed by atoms with Crippen molar-refractivity contribution in [3.05, 3.63) is 0 Å². The Labute approximate surface area is 81.5 Å². The number of phosphoric ester groups is 1. The molecule has 2 atom stereocenters.